The van der Waals surface area contributed by atoms with Gasteiger partial charge in [0.1, 0.15) is 17.1 Å². The number of aryl methyl sites for hydroxylation is 1. The van der Waals surface area contributed by atoms with Gasteiger partial charge in [-0.1, -0.05) is 11.6 Å². The molecule has 2 aliphatic heterocycles. The van der Waals surface area contributed by atoms with Crippen LogP contribution < -0.4 is 34.9 Å². The topological polar surface area (TPSA) is 99.6 Å². The number of thioether (sulfide) groups is 1. The molecule has 0 aliphatic carbocycles. The number of fused-ring (bicyclic) bond motifs is 1. The largest absolute Gasteiger partial charge is 1.00 e. The van der Waals surface area contributed by atoms with Crippen LogP contribution in [0.1, 0.15) is 12.1 Å². The summed E-state index contributed by atoms with van der Waals surface area (Å²) in [5, 5.41) is 14.2. The molecule has 0 saturated carbocycles. The molecule has 24 heavy (non-hydrogen) atoms. The van der Waals surface area contributed by atoms with Gasteiger partial charge in [0.15, 0.2) is 0 Å². The molecule has 0 radical (unpaired) electrons. The maximum absolute atomic E-state index is 12.2. The summed E-state index contributed by atoms with van der Waals surface area (Å²) >= 11 is 8.67. The molecule has 11 heteroatoms. The number of halogens is 1. The number of rotatable bonds is 4. The Hall–Kier alpha value is -0.580. The smallest absolute Gasteiger partial charge is 1.00 e. The predicted octanol–water partition coefficient (Wildman–Crippen LogP) is -1.95. The van der Waals surface area contributed by atoms with E-state index in [2.05, 4.69) is 10.3 Å². The molecule has 1 aromatic rings. The van der Waals surface area contributed by atoms with Gasteiger partial charge in [-0.15, -0.1) is 23.1 Å². The van der Waals surface area contributed by atoms with Crippen molar-refractivity contribution in [1.82, 2.24) is 15.2 Å². The van der Waals surface area contributed by atoms with E-state index >= 15 is 0 Å². The summed E-state index contributed by atoms with van der Waals surface area (Å²) < 4.78 is 0. The summed E-state index contributed by atoms with van der Waals surface area (Å²) in [6.07, 6.45) is 0.0912. The molecule has 2 atom stereocenters. The van der Waals surface area contributed by atoms with Crippen LogP contribution >= 0.6 is 34.7 Å². The van der Waals surface area contributed by atoms with Crippen LogP contribution in [0.5, 0.6) is 0 Å². The van der Waals surface area contributed by atoms with Crippen molar-refractivity contribution in [1.29, 1.82) is 0 Å². The minimum atomic E-state index is -1.24. The van der Waals surface area contributed by atoms with E-state index in [1.807, 2.05) is 6.92 Å². The molecule has 0 bridgehead atoms. The number of carboxylic acid groups (broad SMARTS) is 1. The summed E-state index contributed by atoms with van der Waals surface area (Å²) in [5.41, 5.74) is 0.458. The van der Waals surface area contributed by atoms with Crippen LogP contribution in [0, 0.1) is 6.92 Å². The zero-order valence-corrected chi connectivity index (χ0v) is 17.3. The fourth-order valence-corrected chi connectivity index (χ4v) is 4.62. The van der Waals surface area contributed by atoms with Crippen LogP contribution in [0.3, 0.4) is 0 Å². The minimum Gasteiger partial charge on any atom is -1.00 e. The van der Waals surface area contributed by atoms with Crippen molar-refractivity contribution in [3.8, 4) is 0 Å². The number of nitrogens with zero attached hydrogens (tertiary/aromatic N) is 2. The molecule has 0 spiro atoms. The summed E-state index contributed by atoms with van der Waals surface area (Å²) in [7, 11) is 0. The Kier molecular flexibility index (Phi) is 6.38. The normalized spacial score (nSPS) is 22.4. The maximum atomic E-state index is 12.2. The van der Waals surface area contributed by atoms with Gasteiger partial charge in [0, 0.05) is 11.1 Å². The standard InChI is InChI=1S/C13H12ClN3O4S2.Na.H/c1-5-15-6(3-22-5)2-8(18)16-9-11(19)17-10(13(20)21)7(14)4-23-12(9)17;;/h3,9,12H,2,4H2,1H3,(H,16,18)(H,20,21);;/q;+1;-1/t9-,12-;;/m1../s1. The van der Waals surface area contributed by atoms with Crippen LogP contribution in [-0.4, -0.2) is 49.9 Å². The second-order valence-electron chi connectivity index (χ2n) is 5.05. The quantitative estimate of drug-likeness (QED) is 0.452. The summed E-state index contributed by atoms with van der Waals surface area (Å²) in [6, 6.07) is -0.730. The number of β-lactam (4-membered cyclic amide) rings is 1. The summed E-state index contributed by atoms with van der Waals surface area (Å²) in [5.74, 6) is -1.71. The van der Waals surface area contributed by atoms with Crippen LogP contribution in [0.2, 0.25) is 0 Å². The molecule has 1 saturated heterocycles. The molecule has 3 heterocycles. The number of thiazole rings is 1. The Morgan fingerprint density at radius 3 is 2.88 bits per heavy atom. The molecule has 0 aromatic carbocycles. The molecular weight excluding hydrogens is 385 g/mol. The summed E-state index contributed by atoms with van der Waals surface area (Å²) in [4.78, 5) is 40.8. The molecule has 124 valence electrons. The van der Waals surface area contributed by atoms with E-state index in [1.54, 1.807) is 5.38 Å². The van der Waals surface area contributed by atoms with Gasteiger partial charge in [-0.3, -0.25) is 14.5 Å². The van der Waals surface area contributed by atoms with Crippen LogP contribution in [0.4, 0.5) is 0 Å². The first-order valence-electron chi connectivity index (χ1n) is 6.65. The first kappa shape index (κ1) is 19.7. The number of hydrogen-bond acceptors (Lipinski definition) is 6. The number of amides is 2. The average molecular weight is 398 g/mol. The zero-order valence-electron chi connectivity index (χ0n) is 13.9. The number of carboxylic acids is 1. The monoisotopic (exact) mass is 397 g/mol. The molecule has 3 rings (SSSR count). The second-order valence-corrected chi connectivity index (χ2v) is 7.67. The number of aromatic nitrogens is 1. The van der Waals surface area contributed by atoms with E-state index < -0.39 is 23.3 Å². The molecule has 0 unspecified atom stereocenters. The Morgan fingerprint density at radius 1 is 1.58 bits per heavy atom. The van der Waals surface area contributed by atoms with E-state index in [4.69, 9.17) is 11.6 Å². The van der Waals surface area contributed by atoms with Gasteiger partial charge in [0.2, 0.25) is 5.91 Å². The number of aliphatic carboxylic acids is 1. The molecule has 1 fully saturated rings. The fourth-order valence-electron chi connectivity index (χ4n) is 2.46. The van der Waals surface area contributed by atoms with Gasteiger partial charge in [-0.05, 0) is 6.92 Å². The van der Waals surface area contributed by atoms with Crippen molar-refractivity contribution in [3.05, 3.63) is 26.8 Å². The average Bonchev–Trinajstić information content (AvgIpc) is 2.89. The third-order valence-electron chi connectivity index (χ3n) is 3.45. The first-order chi connectivity index (χ1) is 10.9. The number of nitrogens with one attached hydrogen (secondary N) is 1. The second kappa shape index (κ2) is 7.76. The van der Waals surface area contributed by atoms with Crippen molar-refractivity contribution in [2.45, 2.75) is 24.8 Å². The van der Waals surface area contributed by atoms with E-state index in [0.717, 1.165) is 9.91 Å². The molecule has 1 aromatic heterocycles. The van der Waals surface area contributed by atoms with Gasteiger partial charge < -0.3 is 11.8 Å². The maximum Gasteiger partial charge on any atom is 1.00 e. The number of hydrogen-bond donors (Lipinski definition) is 2. The molecule has 2 N–H and O–H groups in total. The Bertz CT molecular complexity index is 745. The first-order valence-corrected chi connectivity index (χ1v) is 8.96. The van der Waals surface area contributed by atoms with E-state index in [1.165, 1.54) is 23.1 Å². The van der Waals surface area contributed by atoms with Crippen molar-refractivity contribution in [2.75, 3.05) is 5.75 Å². The zero-order chi connectivity index (χ0) is 16.7. The third kappa shape index (κ3) is 3.66. The number of carbonyl (C=O) groups is 3. The van der Waals surface area contributed by atoms with Crippen LogP contribution in [-0.2, 0) is 20.8 Å². The number of carbonyl (C=O) groups excluding carboxylic acids is 2. The van der Waals surface area contributed by atoms with Gasteiger partial charge in [-0.25, -0.2) is 9.78 Å². The van der Waals surface area contributed by atoms with E-state index in [0.29, 0.717) is 11.4 Å². The van der Waals surface area contributed by atoms with Crippen LogP contribution in [0.15, 0.2) is 16.1 Å². The van der Waals surface area contributed by atoms with Crippen molar-refractivity contribution >= 4 is 52.5 Å². The van der Waals surface area contributed by atoms with Gasteiger partial charge in [0.05, 0.1) is 22.2 Å². The Balaban J connectivity index is 0.00000156. The van der Waals surface area contributed by atoms with E-state index in [-0.39, 0.29) is 54.0 Å². The van der Waals surface area contributed by atoms with Crippen molar-refractivity contribution in [3.63, 3.8) is 0 Å². The van der Waals surface area contributed by atoms with E-state index in [9.17, 15) is 19.5 Å². The molecule has 7 nitrogen and oxygen atoms in total. The molecular formula is C13H13ClN3NaO4S2. The SMILES string of the molecule is Cc1nc(CC(=O)N[C@@H]2C(=O)N3C(C(=O)O)=C(Cl)CS[C@H]23)cs1.[H-].[Na+]. The van der Waals surface area contributed by atoms with Gasteiger partial charge >= 0.3 is 35.5 Å². The fraction of sp³-hybridized carbons (Fsp3) is 0.385. The summed E-state index contributed by atoms with van der Waals surface area (Å²) in [6.45, 7) is 1.85. The Labute approximate surface area is 174 Å². The molecule has 2 amide bonds. The molecule has 2 aliphatic rings. The predicted molar refractivity (Wildman–Crippen MR) is 87.2 cm³/mol. The Morgan fingerprint density at radius 2 is 2.29 bits per heavy atom. The van der Waals surface area contributed by atoms with Crippen LogP contribution in [0.25, 0.3) is 0 Å². The minimum absolute atomic E-state index is 0. The van der Waals surface area contributed by atoms with Gasteiger partial charge in [-0.2, -0.15) is 0 Å². The third-order valence-corrected chi connectivity index (χ3v) is 6.02. The van der Waals surface area contributed by atoms with Crippen molar-refractivity contribution < 1.29 is 50.5 Å². The van der Waals surface area contributed by atoms with Crippen molar-refractivity contribution in [2.24, 2.45) is 0 Å². The van der Waals surface area contributed by atoms with Gasteiger partial charge in [0.25, 0.3) is 5.91 Å².